The molecule has 0 saturated carbocycles. The van der Waals surface area contributed by atoms with Gasteiger partial charge in [-0.25, -0.2) is 0 Å². The van der Waals surface area contributed by atoms with Gasteiger partial charge in [-0.15, -0.1) is 0 Å². The lowest BCUT2D eigenvalue weighted by Crippen LogP contribution is -2.41. The number of nitrogens with zero attached hydrogens (tertiary/aromatic N) is 1. The van der Waals surface area contributed by atoms with Crippen LogP contribution in [0.1, 0.15) is 33.3 Å². The number of ether oxygens (including phenoxy) is 1. The second-order valence-electron chi connectivity index (χ2n) is 5.63. The van der Waals surface area contributed by atoms with Crippen LogP contribution < -0.4 is 10.3 Å². The largest absolute Gasteiger partial charge is 0.518 e. The van der Waals surface area contributed by atoms with Gasteiger partial charge in [-0.3, -0.25) is 4.98 Å². The van der Waals surface area contributed by atoms with Crippen LogP contribution in [0.15, 0.2) is 12.3 Å². The molecule has 1 aliphatic heterocycles. The van der Waals surface area contributed by atoms with E-state index >= 15 is 0 Å². The Balaban J connectivity index is 2.39. The fraction of sp³-hybridized carbons (Fsp3) is 0.615. The van der Waals surface area contributed by atoms with Crippen LogP contribution in [-0.4, -0.2) is 35.5 Å². The number of aliphatic hydroxyl groups excluding tert-OH is 1. The molecule has 1 aromatic heterocycles. The maximum atomic E-state index is 9.33. The predicted octanol–water partition coefficient (Wildman–Crippen LogP) is 0.882. The minimum atomic E-state index is -0.591. The average molecular weight is 265 g/mol. The molecule has 1 fully saturated rings. The van der Waals surface area contributed by atoms with Gasteiger partial charge in [0.25, 0.3) is 0 Å². The summed E-state index contributed by atoms with van der Waals surface area (Å²) >= 11 is 0. The van der Waals surface area contributed by atoms with E-state index in [4.69, 9.17) is 14.0 Å². The van der Waals surface area contributed by atoms with Crippen molar-refractivity contribution in [3.8, 4) is 5.75 Å². The fourth-order valence-corrected chi connectivity index (χ4v) is 1.99. The van der Waals surface area contributed by atoms with E-state index in [2.05, 4.69) is 4.98 Å². The number of methoxy groups -OCH3 is 1. The van der Waals surface area contributed by atoms with Crippen molar-refractivity contribution in [1.29, 1.82) is 0 Å². The summed E-state index contributed by atoms with van der Waals surface area (Å²) in [7, 11) is 0.955. The first-order valence-corrected chi connectivity index (χ1v) is 6.30. The van der Waals surface area contributed by atoms with E-state index < -0.39 is 18.3 Å². The smallest absolute Gasteiger partial charge is 0.495 e. The van der Waals surface area contributed by atoms with Crippen LogP contribution in [0, 0.1) is 0 Å². The molecule has 0 aromatic carbocycles. The highest BCUT2D eigenvalue weighted by molar-refractivity contribution is 6.62. The first-order valence-electron chi connectivity index (χ1n) is 6.30. The van der Waals surface area contributed by atoms with Crippen molar-refractivity contribution >= 4 is 12.7 Å². The summed E-state index contributed by atoms with van der Waals surface area (Å²) < 4.78 is 17.2. The average Bonchev–Trinajstić information content (AvgIpc) is 2.57. The van der Waals surface area contributed by atoms with Gasteiger partial charge in [0.2, 0.25) is 0 Å². The SMILES string of the molecule is COc1c(CO)ccnc1B1OC(C)(C)C(C)(C)O1. The first kappa shape index (κ1) is 14.3. The first-order chi connectivity index (χ1) is 8.82. The number of hydrogen-bond acceptors (Lipinski definition) is 5. The van der Waals surface area contributed by atoms with Crippen molar-refractivity contribution in [3.63, 3.8) is 0 Å². The van der Waals surface area contributed by atoms with Crippen molar-refractivity contribution in [1.82, 2.24) is 4.98 Å². The normalized spacial score (nSPS) is 20.6. The van der Waals surface area contributed by atoms with Gasteiger partial charge in [0, 0.05) is 11.8 Å². The minimum absolute atomic E-state index is 0.113. The highest BCUT2D eigenvalue weighted by Gasteiger charge is 2.53. The summed E-state index contributed by atoms with van der Waals surface area (Å²) in [5, 5.41) is 9.33. The van der Waals surface area contributed by atoms with Gasteiger partial charge in [-0.05, 0) is 33.8 Å². The second-order valence-corrected chi connectivity index (χ2v) is 5.63. The lowest BCUT2D eigenvalue weighted by molar-refractivity contribution is 0.00578. The van der Waals surface area contributed by atoms with E-state index in [0.29, 0.717) is 16.9 Å². The summed E-state index contributed by atoms with van der Waals surface area (Å²) in [6.07, 6.45) is 1.62. The molecular weight excluding hydrogens is 245 g/mol. The van der Waals surface area contributed by atoms with Gasteiger partial charge in [-0.1, -0.05) is 0 Å². The zero-order valence-electron chi connectivity index (χ0n) is 12.1. The molecule has 1 N–H and O–H groups in total. The maximum Gasteiger partial charge on any atom is 0.518 e. The van der Waals surface area contributed by atoms with E-state index in [9.17, 15) is 5.11 Å². The zero-order valence-corrected chi connectivity index (χ0v) is 12.1. The Hall–Kier alpha value is -1.11. The molecule has 0 aliphatic carbocycles. The molecule has 0 amide bonds. The number of rotatable bonds is 3. The molecule has 0 radical (unpaired) electrons. The van der Waals surface area contributed by atoms with Crippen LogP contribution in [0.3, 0.4) is 0 Å². The van der Waals surface area contributed by atoms with E-state index in [1.807, 2.05) is 27.7 Å². The van der Waals surface area contributed by atoms with Gasteiger partial charge in [0.05, 0.1) is 24.9 Å². The molecule has 1 aliphatic rings. The molecule has 19 heavy (non-hydrogen) atoms. The van der Waals surface area contributed by atoms with Crippen molar-refractivity contribution in [2.75, 3.05) is 7.11 Å². The van der Waals surface area contributed by atoms with Crippen LogP contribution in [0.2, 0.25) is 0 Å². The van der Waals surface area contributed by atoms with Gasteiger partial charge in [0.15, 0.2) is 0 Å². The topological polar surface area (TPSA) is 60.8 Å². The van der Waals surface area contributed by atoms with Crippen molar-refractivity contribution in [2.45, 2.75) is 45.5 Å². The van der Waals surface area contributed by atoms with Crippen molar-refractivity contribution in [3.05, 3.63) is 17.8 Å². The third-order valence-corrected chi connectivity index (χ3v) is 3.86. The van der Waals surface area contributed by atoms with Crippen LogP contribution in [0.4, 0.5) is 0 Å². The van der Waals surface area contributed by atoms with Crippen LogP contribution in [-0.2, 0) is 15.9 Å². The highest BCUT2D eigenvalue weighted by atomic mass is 16.7. The summed E-state index contributed by atoms with van der Waals surface area (Å²) in [6, 6.07) is 1.72. The third kappa shape index (κ3) is 2.36. The number of aliphatic hydroxyl groups is 1. The Morgan fingerprint density at radius 3 is 2.32 bits per heavy atom. The lowest BCUT2D eigenvalue weighted by atomic mass is 9.82. The molecule has 0 bridgehead atoms. The number of pyridine rings is 1. The van der Waals surface area contributed by atoms with Gasteiger partial charge in [0.1, 0.15) is 11.3 Å². The molecular formula is C13H20BNO4. The third-order valence-electron chi connectivity index (χ3n) is 3.86. The van der Waals surface area contributed by atoms with Crippen molar-refractivity contribution in [2.24, 2.45) is 0 Å². The summed E-state index contributed by atoms with van der Waals surface area (Å²) in [5.74, 6) is 0.517. The molecule has 6 heteroatoms. The quantitative estimate of drug-likeness (QED) is 0.822. The van der Waals surface area contributed by atoms with Crippen molar-refractivity contribution < 1.29 is 19.2 Å². The predicted molar refractivity (Wildman–Crippen MR) is 72.4 cm³/mol. The number of aromatic nitrogens is 1. The van der Waals surface area contributed by atoms with E-state index in [1.165, 1.54) is 0 Å². The molecule has 0 unspecified atom stereocenters. The Morgan fingerprint density at radius 1 is 1.26 bits per heavy atom. The van der Waals surface area contributed by atoms with Gasteiger partial charge < -0.3 is 19.2 Å². The standard InChI is InChI=1S/C13H20BNO4/c1-12(2)13(3,4)19-14(18-12)11-10(17-5)9(8-16)6-7-15-11/h6-7,16H,8H2,1-5H3. The van der Waals surface area contributed by atoms with Gasteiger partial charge in [-0.2, -0.15) is 0 Å². The molecule has 1 aromatic rings. The number of hydrogen-bond donors (Lipinski definition) is 1. The minimum Gasteiger partial charge on any atom is -0.495 e. The van der Waals surface area contributed by atoms with Crippen LogP contribution >= 0.6 is 0 Å². The summed E-state index contributed by atoms with van der Waals surface area (Å²) in [6.45, 7) is 7.81. The van der Waals surface area contributed by atoms with Crippen LogP contribution in [0.25, 0.3) is 0 Å². The van der Waals surface area contributed by atoms with E-state index in [0.717, 1.165) is 0 Å². The van der Waals surface area contributed by atoms with E-state index in [-0.39, 0.29) is 6.61 Å². The fourth-order valence-electron chi connectivity index (χ4n) is 1.99. The highest BCUT2D eigenvalue weighted by Crippen LogP contribution is 2.37. The maximum absolute atomic E-state index is 9.33. The Morgan fingerprint density at radius 2 is 1.84 bits per heavy atom. The Bertz CT molecular complexity index is 460. The molecule has 0 spiro atoms. The molecule has 5 nitrogen and oxygen atoms in total. The molecule has 104 valence electrons. The molecule has 1 saturated heterocycles. The van der Waals surface area contributed by atoms with Gasteiger partial charge >= 0.3 is 7.12 Å². The van der Waals surface area contributed by atoms with Crippen LogP contribution in [0.5, 0.6) is 5.75 Å². The molecule has 2 heterocycles. The summed E-state index contributed by atoms with van der Waals surface area (Å²) in [5.41, 5.74) is 0.369. The molecule has 2 rings (SSSR count). The molecule has 0 atom stereocenters. The lowest BCUT2D eigenvalue weighted by Gasteiger charge is -2.32. The monoisotopic (exact) mass is 265 g/mol. The Kier molecular flexibility index (Phi) is 3.60. The zero-order chi connectivity index (χ0) is 14.3. The summed E-state index contributed by atoms with van der Waals surface area (Å²) in [4.78, 5) is 4.29. The Labute approximate surface area is 114 Å². The second kappa shape index (κ2) is 4.78. The van der Waals surface area contributed by atoms with E-state index in [1.54, 1.807) is 19.4 Å².